The summed E-state index contributed by atoms with van der Waals surface area (Å²) in [4.78, 5) is 25.9. The molecule has 1 aliphatic rings. The van der Waals surface area contributed by atoms with E-state index in [-0.39, 0.29) is 5.91 Å². The molecule has 0 saturated carbocycles. The summed E-state index contributed by atoms with van der Waals surface area (Å²) in [5.41, 5.74) is 3.19. The zero-order chi connectivity index (χ0) is 21.6. The Bertz CT molecular complexity index is 967. The number of thiazole rings is 1. The molecule has 0 aliphatic carbocycles. The van der Waals surface area contributed by atoms with E-state index in [1.807, 2.05) is 35.7 Å². The fourth-order valence-corrected chi connectivity index (χ4v) is 5.13. The van der Waals surface area contributed by atoms with E-state index >= 15 is 0 Å². The first-order valence-corrected chi connectivity index (χ1v) is 11.8. The molecule has 0 spiro atoms. The monoisotopic (exact) mass is 434 g/mol. The minimum Gasteiger partial charge on any atom is -0.337 e. The van der Waals surface area contributed by atoms with Gasteiger partial charge in [-0.2, -0.15) is 0 Å². The summed E-state index contributed by atoms with van der Waals surface area (Å²) in [6.07, 6.45) is 6.82. The second-order valence-corrected chi connectivity index (χ2v) is 9.48. The van der Waals surface area contributed by atoms with E-state index in [9.17, 15) is 4.79 Å². The van der Waals surface area contributed by atoms with Crippen LogP contribution in [0.25, 0.3) is 0 Å². The SMILES string of the molecule is Cc1nc(C(=O)N2CCC(C(Cc3ccccc3)N(C)Cc3cccnc3)CC2)cs1. The Morgan fingerprint density at radius 2 is 1.90 bits per heavy atom. The standard InChI is InChI=1S/C25H30N4OS/c1-19-27-23(18-31-19)25(30)29-13-10-22(11-14-29)24(15-20-7-4-3-5-8-20)28(2)17-21-9-6-12-26-16-21/h3-9,12,16,18,22,24H,10-11,13-15,17H2,1-2H3. The summed E-state index contributed by atoms with van der Waals surface area (Å²) < 4.78 is 0. The lowest BCUT2D eigenvalue weighted by Gasteiger charge is -2.40. The first-order valence-electron chi connectivity index (χ1n) is 10.9. The van der Waals surface area contributed by atoms with E-state index in [2.05, 4.69) is 58.3 Å². The van der Waals surface area contributed by atoms with E-state index in [4.69, 9.17) is 0 Å². The predicted molar refractivity (Wildman–Crippen MR) is 125 cm³/mol. The third-order valence-corrected chi connectivity index (χ3v) is 6.99. The highest BCUT2D eigenvalue weighted by molar-refractivity contribution is 7.09. The van der Waals surface area contributed by atoms with E-state index in [0.29, 0.717) is 17.7 Å². The molecule has 162 valence electrons. The molecular weight excluding hydrogens is 404 g/mol. The summed E-state index contributed by atoms with van der Waals surface area (Å²) in [7, 11) is 2.22. The molecule has 2 aromatic heterocycles. The summed E-state index contributed by atoms with van der Waals surface area (Å²) in [6, 6.07) is 15.3. The van der Waals surface area contributed by atoms with E-state index in [1.54, 1.807) is 0 Å². The Morgan fingerprint density at radius 3 is 2.55 bits per heavy atom. The van der Waals surface area contributed by atoms with E-state index in [0.717, 1.165) is 43.9 Å². The van der Waals surface area contributed by atoms with Crippen molar-refractivity contribution in [2.75, 3.05) is 20.1 Å². The number of hydrogen-bond donors (Lipinski definition) is 0. The van der Waals surface area contributed by atoms with Crippen LogP contribution in [0.1, 0.15) is 39.5 Å². The second-order valence-electron chi connectivity index (χ2n) is 8.41. The number of amides is 1. The van der Waals surface area contributed by atoms with Crippen molar-refractivity contribution in [3.8, 4) is 0 Å². The number of carbonyl (C=O) groups excluding carboxylic acids is 1. The summed E-state index contributed by atoms with van der Waals surface area (Å²) in [5.74, 6) is 0.620. The minimum atomic E-state index is 0.0751. The van der Waals surface area contributed by atoms with Crippen molar-refractivity contribution >= 4 is 17.2 Å². The van der Waals surface area contributed by atoms with E-state index in [1.165, 1.54) is 22.5 Å². The topological polar surface area (TPSA) is 49.3 Å². The maximum absolute atomic E-state index is 12.8. The molecule has 1 unspecified atom stereocenters. The highest BCUT2D eigenvalue weighted by Gasteiger charge is 2.31. The maximum atomic E-state index is 12.8. The number of piperidine rings is 1. The molecule has 1 saturated heterocycles. The molecule has 5 nitrogen and oxygen atoms in total. The lowest BCUT2D eigenvalue weighted by atomic mass is 9.84. The fraction of sp³-hybridized carbons (Fsp3) is 0.400. The van der Waals surface area contributed by atoms with Gasteiger partial charge < -0.3 is 4.90 Å². The molecule has 4 rings (SSSR count). The molecule has 1 fully saturated rings. The van der Waals surface area contributed by atoms with Crippen molar-refractivity contribution in [3.05, 3.63) is 82.1 Å². The number of pyridine rings is 1. The van der Waals surface area contributed by atoms with Crippen LogP contribution in [-0.2, 0) is 13.0 Å². The Kier molecular flexibility index (Phi) is 7.10. The Morgan fingerprint density at radius 1 is 1.16 bits per heavy atom. The quantitative estimate of drug-likeness (QED) is 0.552. The normalized spacial score (nSPS) is 15.9. The summed E-state index contributed by atoms with van der Waals surface area (Å²) in [6.45, 7) is 4.42. The number of aromatic nitrogens is 2. The van der Waals surface area contributed by atoms with Crippen LogP contribution in [0.2, 0.25) is 0 Å². The van der Waals surface area contributed by atoms with Gasteiger partial charge in [0.2, 0.25) is 0 Å². The third-order valence-electron chi connectivity index (χ3n) is 6.22. The average Bonchev–Trinajstić information content (AvgIpc) is 3.25. The van der Waals surface area contributed by atoms with Gasteiger partial charge in [-0.15, -0.1) is 11.3 Å². The van der Waals surface area contributed by atoms with Crippen molar-refractivity contribution in [2.45, 2.75) is 38.8 Å². The number of likely N-dealkylation sites (tertiary alicyclic amines) is 1. The first kappa shape index (κ1) is 21.7. The number of carbonyl (C=O) groups is 1. The maximum Gasteiger partial charge on any atom is 0.273 e. The third kappa shape index (κ3) is 5.57. The molecule has 1 amide bonds. The number of nitrogens with zero attached hydrogens (tertiary/aromatic N) is 4. The van der Waals surface area contributed by atoms with Gasteiger partial charge in [0.15, 0.2) is 0 Å². The van der Waals surface area contributed by atoms with Crippen molar-refractivity contribution < 1.29 is 4.79 Å². The molecule has 3 heterocycles. The zero-order valence-electron chi connectivity index (χ0n) is 18.3. The van der Waals surface area contributed by atoms with Crippen LogP contribution in [0.15, 0.2) is 60.2 Å². The molecule has 31 heavy (non-hydrogen) atoms. The van der Waals surface area contributed by atoms with Gasteiger partial charge in [0.1, 0.15) is 5.69 Å². The van der Waals surface area contributed by atoms with Crippen LogP contribution >= 0.6 is 11.3 Å². The lowest BCUT2D eigenvalue weighted by Crippen LogP contribution is -2.46. The van der Waals surface area contributed by atoms with Crippen molar-refractivity contribution in [2.24, 2.45) is 5.92 Å². The van der Waals surface area contributed by atoms with Crippen LogP contribution in [0.4, 0.5) is 0 Å². The number of aryl methyl sites for hydroxylation is 1. The molecular formula is C25H30N4OS. The molecule has 3 aromatic rings. The number of benzene rings is 1. The first-order chi connectivity index (χ1) is 15.1. The number of rotatable bonds is 7. The van der Waals surface area contributed by atoms with Gasteiger partial charge >= 0.3 is 0 Å². The highest BCUT2D eigenvalue weighted by Crippen LogP contribution is 2.28. The zero-order valence-corrected chi connectivity index (χ0v) is 19.1. The van der Waals surface area contributed by atoms with Gasteiger partial charge in [-0.25, -0.2) is 4.98 Å². The molecule has 0 bridgehead atoms. The molecule has 1 aliphatic heterocycles. The number of likely N-dealkylation sites (N-methyl/N-ethyl adjacent to an activating group) is 1. The molecule has 1 atom stereocenters. The minimum absolute atomic E-state index is 0.0751. The van der Waals surface area contributed by atoms with Crippen molar-refractivity contribution in [1.82, 2.24) is 19.8 Å². The van der Waals surface area contributed by atoms with Gasteiger partial charge in [0, 0.05) is 43.4 Å². The second kappa shape index (κ2) is 10.2. The fourth-order valence-electron chi connectivity index (χ4n) is 4.55. The van der Waals surface area contributed by atoms with Crippen molar-refractivity contribution in [3.63, 3.8) is 0 Å². The van der Waals surface area contributed by atoms with Gasteiger partial charge in [-0.05, 0) is 56.3 Å². The lowest BCUT2D eigenvalue weighted by molar-refractivity contribution is 0.0598. The smallest absolute Gasteiger partial charge is 0.273 e. The average molecular weight is 435 g/mol. The number of hydrogen-bond acceptors (Lipinski definition) is 5. The van der Waals surface area contributed by atoms with Gasteiger partial charge in [0.25, 0.3) is 5.91 Å². The highest BCUT2D eigenvalue weighted by atomic mass is 32.1. The predicted octanol–water partition coefficient (Wildman–Crippen LogP) is 4.44. The molecule has 0 radical (unpaired) electrons. The van der Waals surface area contributed by atoms with Crippen LogP contribution in [0.5, 0.6) is 0 Å². The van der Waals surface area contributed by atoms with Crippen molar-refractivity contribution in [1.29, 1.82) is 0 Å². The van der Waals surface area contributed by atoms with Crippen LogP contribution in [0, 0.1) is 12.8 Å². The Hall–Kier alpha value is -2.57. The van der Waals surface area contributed by atoms with Crippen LogP contribution in [-0.4, -0.2) is 51.9 Å². The Labute approximate surface area is 188 Å². The van der Waals surface area contributed by atoms with Crippen LogP contribution < -0.4 is 0 Å². The van der Waals surface area contributed by atoms with Gasteiger partial charge in [-0.1, -0.05) is 36.4 Å². The molecule has 0 N–H and O–H groups in total. The largest absolute Gasteiger partial charge is 0.337 e. The molecule has 6 heteroatoms. The van der Waals surface area contributed by atoms with Gasteiger partial charge in [-0.3, -0.25) is 14.7 Å². The van der Waals surface area contributed by atoms with Crippen LogP contribution in [0.3, 0.4) is 0 Å². The van der Waals surface area contributed by atoms with E-state index < -0.39 is 0 Å². The summed E-state index contributed by atoms with van der Waals surface area (Å²) in [5, 5.41) is 2.82. The molecule has 1 aromatic carbocycles. The summed E-state index contributed by atoms with van der Waals surface area (Å²) >= 11 is 1.54. The Balaban J connectivity index is 1.44. The van der Waals surface area contributed by atoms with Gasteiger partial charge in [0.05, 0.1) is 5.01 Å².